The van der Waals surface area contributed by atoms with Crippen molar-refractivity contribution in [2.24, 2.45) is 0 Å². The summed E-state index contributed by atoms with van der Waals surface area (Å²) in [6, 6.07) is 7.76. The van der Waals surface area contributed by atoms with Crippen LogP contribution in [0.4, 0.5) is 5.69 Å². The molecule has 1 aromatic rings. The summed E-state index contributed by atoms with van der Waals surface area (Å²) in [6.07, 6.45) is 3.45. The standard InChI is InChI=1S/C14H21N3O2S/c15-12-3-1-11(2-4-12)10-20(18,19)16-13-7-8-17(9-13)14-5-6-14/h1-4,13-14,16H,5-10,15H2. The van der Waals surface area contributed by atoms with E-state index in [-0.39, 0.29) is 11.8 Å². The normalized spacial score (nSPS) is 24.1. The summed E-state index contributed by atoms with van der Waals surface area (Å²) in [5.41, 5.74) is 7.02. The summed E-state index contributed by atoms with van der Waals surface area (Å²) in [6.45, 7) is 1.87. The second-order valence-corrected chi connectivity index (χ2v) is 7.58. The van der Waals surface area contributed by atoms with E-state index in [0.29, 0.717) is 11.7 Å². The van der Waals surface area contributed by atoms with Crippen molar-refractivity contribution < 1.29 is 8.42 Å². The number of nitrogens with two attached hydrogens (primary N) is 1. The molecule has 0 amide bonds. The first-order valence-corrected chi connectivity index (χ1v) is 8.75. The number of hydrogen-bond acceptors (Lipinski definition) is 4. The maximum atomic E-state index is 12.2. The molecule has 1 saturated heterocycles. The molecule has 2 fully saturated rings. The van der Waals surface area contributed by atoms with Crippen LogP contribution in [0.1, 0.15) is 24.8 Å². The molecule has 0 radical (unpaired) electrons. The molecule has 1 atom stereocenters. The minimum atomic E-state index is -3.28. The highest BCUT2D eigenvalue weighted by Crippen LogP contribution is 2.30. The monoisotopic (exact) mass is 295 g/mol. The number of anilines is 1. The van der Waals surface area contributed by atoms with E-state index in [2.05, 4.69) is 9.62 Å². The van der Waals surface area contributed by atoms with Crippen LogP contribution in [0.15, 0.2) is 24.3 Å². The van der Waals surface area contributed by atoms with Crippen LogP contribution in [0.2, 0.25) is 0 Å². The number of benzene rings is 1. The molecule has 2 aliphatic rings. The SMILES string of the molecule is Nc1ccc(CS(=O)(=O)NC2CCN(C3CC3)C2)cc1. The van der Waals surface area contributed by atoms with Gasteiger partial charge in [-0.05, 0) is 37.0 Å². The number of nitrogen functional groups attached to an aromatic ring is 1. The Kier molecular flexibility index (Phi) is 3.70. The first kappa shape index (κ1) is 13.9. The molecule has 6 heteroatoms. The highest BCUT2D eigenvalue weighted by molar-refractivity contribution is 7.88. The van der Waals surface area contributed by atoms with Crippen molar-refractivity contribution in [3.8, 4) is 0 Å². The number of sulfonamides is 1. The highest BCUT2D eigenvalue weighted by Gasteiger charge is 2.35. The molecule has 5 nitrogen and oxygen atoms in total. The van der Waals surface area contributed by atoms with Gasteiger partial charge in [0, 0.05) is 30.9 Å². The Morgan fingerprint density at radius 1 is 1.20 bits per heavy atom. The Labute approximate surface area is 120 Å². The number of nitrogens with one attached hydrogen (secondary N) is 1. The summed E-state index contributed by atoms with van der Waals surface area (Å²) >= 11 is 0. The van der Waals surface area contributed by atoms with E-state index in [1.165, 1.54) is 12.8 Å². The van der Waals surface area contributed by atoms with Crippen molar-refractivity contribution >= 4 is 15.7 Å². The number of nitrogens with zero attached hydrogens (tertiary/aromatic N) is 1. The van der Waals surface area contributed by atoms with Gasteiger partial charge in [0.15, 0.2) is 0 Å². The number of hydrogen-bond donors (Lipinski definition) is 2. The topological polar surface area (TPSA) is 75.4 Å². The summed E-state index contributed by atoms with van der Waals surface area (Å²) in [7, 11) is -3.28. The second-order valence-electron chi connectivity index (χ2n) is 5.83. The smallest absolute Gasteiger partial charge is 0.216 e. The van der Waals surface area contributed by atoms with Crippen LogP contribution in [0.5, 0.6) is 0 Å². The van der Waals surface area contributed by atoms with Gasteiger partial charge in [0.1, 0.15) is 0 Å². The van der Waals surface area contributed by atoms with E-state index in [4.69, 9.17) is 5.73 Å². The molecule has 1 saturated carbocycles. The quantitative estimate of drug-likeness (QED) is 0.792. The lowest BCUT2D eigenvalue weighted by molar-refractivity contribution is 0.322. The summed E-state index contributed by atoms with van der Waals surface area (Å²) in [5.74, 6) is 0.0210. The third-order valence-corrected chi connectivity index (χ3v) is 5.37. The van der Waals surface area contributed by atoms with Crippen LogP contribution in [-0.4, -0.2) is 38.5 Å². The largest absolute Gasteiger partial charge is 0.399 e. The fourth-order valence-corrected chi connectivity index (χ4v) is 4.20. The molecule has 3 N–H and O–H groups in total. The zero-order valence-corrected chi connectivity index (χ0v) is 12.3. The molecule has 1 aliphatic heterocycles. The molecule has 3 rings (SSSR count). The van der Waals surface area contributed by atoms with E-state index in [1.54, 1.807) is 24.3 Å². The van der Waals surface area contributed by atoms with Crippen LogP contribution < -0.4 is 10.5 Å². The zero-order chi connectivity index (χ0) is 14.2. The molecule has 1 heterocycles. The predicted octanol–water partition coefficient (Wildman–Crippen LogP) is 0.925. The van der Waals surface area contributed by atoms with Gasteiger partial charge in [-0.3, -0.25) is 4.90 Å². The van der Waals surface area contributed by atoms with Gasteiger partial charge in [0.05, 0.1) is 5.75 Å². The van der Waals surface area contributed by atoms with E-state index in [0.717, 1.165) is 25.1 Å². The van der Waals surface area contributed by atoms with Crippen molar-refractivity contribution in [2.45, 2.75) is 37.1 Å². The van der Waals surface area contributed by atoms with Gasteiger partial charge in [-0.25, -0.2) is 13.1 Å². The van der Waals surface area contributed by atoms with E-state index in [9.17, 15) is 8.42 Å². The lowest BCUT2D eigenvalue weighted by Gasteiger charge is -2.16. The fraction of sp³-hybridized carbons (Fsp3) is 0.571. The van der Waals surface area contributed by atoms with Gasteiger partial charge in [-0.2, -0.15) is 0 Å². The third-order valence-electron chi connectivity index (χ3n) is 3.97. The van der Waals surface area contributed by atoms with Crippen LogP contribution in [-0.2, 0) is 15.8 Å². The Bertz CT molecular complexity index is 567. The molecule has 1 aliphatic carbocycles. The fourth-order valence-electron chi connectivity index (χ4n) is 2.78. The van der Waals surface area contributed by atoms with Crippen LogP contribution in [0, 0.1) is 0 Å². The molecule has 1 aromatic carbocycles. The van der Waals surface area contributed by atoms with Gasteiger partial charge in [-0.15, -0.1) is 0 Å². The minimum Gasteiger partial charge on any atom is -0.399 e. The molecule has 1 unspecified atom stereocenters. The van der Waals surface area contributed by atoms with Gasteiger partial charge < -0.3 is 5.73 Å². The average molecular weight is 295 g/mol. The molecular weight excluding hydrogens is 274 g/mol. The van der Waals surface area contributed by atoms with E-state index in [1.807, 2.05) is 0 Å². The molecule has 0 aromatic heterocycles. The minimum absolute atomic E-state index is 0.0210. The van der Waals surface area contributed by atoms with Gasteiger partial charge in [0.25, 0.3) is 0 Å². The average Bonchev–Trinajstić information content (AvgIpc) is 3.13. The summed E-state index contributed by atoms with van der Waals surface area (Å²) in [4.78, 5) is 2.40. The van der Waals surface area contributed by atoms with E-state index < -0.39 is 10.0 Å². The van der Waals surface area contributed by atoms with Gasteiger partial charge in [0.2, 0.25) is 10.0 Å². The maximum absolute atomic E-state index is 12.2. The Hall–Kier alpha value is -1.11. The first-order valence-electron chi connectivity index (χ1n) is 7.10. The Morgan fingerprint density at radius 3 is 2.55 bits per heavy atom. The highest BCUT2D eigenvalue weighted by atomic mass is 32.2. The van der Waals surface area contributed by atoms with Crippen molar-refractivity contribution in [1.82, 2.24) is 9.62 Å². The molecule has 0 spiro atoms. The van der Waals surface area contributed by atoms with Crippen LogP contribution >= 0.6 is 0 Å². The predicted molar refractivity (Wildman–Crippen MR) is 79.6 cm³/mol. The lowest BCUT2D eigenvalue weighted by atomic mass is 10.2. The Morgan fingerprint density at radius 2 is 1.90 bits per heavy atom. The first-order chi connectivity index (χ1) is 9.52. The number of likely N-dealkylation sites (tertiary alicyclic amines) is 1. The van der Waals surface area contributed by atoms with Crippen molar-refractivity contribution in [3.05, 3.63) is 29.8 Å². The van der Waals surface area contributed by atoms with Crippen molar-refractivity contribution in [2.75, 3.05) is 18.8 Å². The van der Waals surface area contributed by atoms with E-state index >= 15 is 0 Å². The number of rotatable bonds is 5. The lowest BCUT2D eigenvalue weighted by Crippen LogP contribution is -2.38. The molecular formula is C14H21N3O2S. The molecule has 0 bridgehead atoms. The maximum Gasteiger partial charge on any atom is 0.216 e. The third kappa shape index (κ3) is 3.50. The second kappa shape index (κ2) is 5.35. The van der Waals surface area contributed by atoms with Gasteiger partial charge >= 0.3 is 0 Å². The van der Waals surface area contributed by atoms with Crippen LogP contribution in [0.3, 0.4) is 0 Å². The summed E-state index contributed by atoms with van der Waals surface area (Å²) in [5, 5.41) is 0. The zero-order valence-electron chi connectivity index (χ0n) is 11.5. The summed E-state index contributed by atoms with van der Waals surface area (Å²) < 4.78 is 27.2. The molecule has 110 valence electrons. The Balaban J connectivity index is 1.57. The van der Waals surface area contributed by atoms with Crippen molar-refractivity contribution in [1.29, 1.82) is 0 Å². The molecule has 20 heavy (non-hydrogen) atoms. The van der Waals surface area contributed by atoms with Crippen LogP contribution in [0.25, 0.3) is 0 Å². The van der Waals surface area contributed by atoms with Gasteiger partial charge in [-0.1, -0.05) is 12.1 Å². The van der Waals surface area contributed by atoms with Crippen molar-refractivity contribution in [3.63, 3.8) is 0 Å².